The molecule has 1 aromatic heterocycles. The second-order valence-corrected chi connectivity index (χ2v) is 7.78. The van der Waals surface area contributed by atoms with Crippen molar-refractivity contribution in [2.24, 2.45) is 0 Å². The van der Waals surface area contributed by atoms with Crippen molar-refractivity contribution in [3.8, 4) is 11.3 Å². The molecule has 0 aliphatic carbocycles. The number of hydrogen-bond acceptors (Lipinski definition) is 4. The van der Waals surface area contributed by atoms with Crippen LogP contribution in [0.15, 0.2) is 65.6 Å². The van der Waals surface area contributed by atoms with Gasteiger partial charge in [0.1, 0.15) is 5.69 Å². The van der Waals surface area contributed by atoms with Gasteiger partial charge in [0, 0.05) is 19.7 Å². The second-order valence-electron chi connectivity index (χ2n) is 6.12. The number of hydrogen-bond donors (Lipinski definition) is 1. The van der Waals surface area contributed by atoms with Crippen LogP contribution in [-0.4, -0.2) is 32.4 Å². The fourth-order valence-electron chi connectivity index (χ4n) is 2.71. The van der Waals surface area contributed by atoms with Crippen molar-refractivity contribution in [3.05, 3.63) is 66.4 Å². The molecule has 0 aliphatic heterocycles. The molecule has 28 heavy (non-hydrogen) atoms. The van der Waals surface area contributed by atoms with Crippen molar-refractivity contribution >= 4 is 15.7 Å². The molecule has 0 saturated heterocycles. The summed E-state index contributed by atoms with van der Waals surface area (Å²) in [5.41, 5.74) is -1.07. The van der Waals surface area contributed by atoms with Crippen LogP contribution in [0.1, 0.15) is 5.69 Å². The highest BCUT2D eigenvalue weighted by atomic mass is 32.2. The number of rotatable bonds is 5. The number of nitrogens with one attached hydrogen (secondary N) is 1. The SMILES string of the molecule is CN(C)c1c(C(F)(F)F)nn(NS(=O)(=O)c2ccccc2)c1-c1ccccc1. The smallest absolute Gasteiger partial charge is 0.374 e. The van der Waals surface area contributed by atoms with Crippen molar-refractivity contribution in [3.63, 3.8) is 0 Å². The molecule has 3 aromatic rings. The maximum absolute atomic E-state index is 13.6. The summed E-state index contributed by atoms with van der Waals surface area (Å²) >= 11 is 0. The van der Waals surface area contributed by atoms with Crippen molar-refractivity contribution in [1.82, 2.24) is 9.89 Å². The maximum atomic E-state index is 13.6. The molecular formula is C18H17F3N4O2S. The van der Waals surface area contributed by atoms with E-state index in [-0.39, 0.29) is 16.3 Å². The van der Waals surface area contributed by atoms with Crippen molar-refractivity contribution < 1.29 is 21.6 Å². The van der Waals surface area contributed by atoms with Crippen LogP contribution >= 0.6 is 0 Å². The lowest BCUT2D eigenvalue weighted by atomic mass is 10.1. The van der Waals surface area contributed by atoms with Gasteiger partial charge in [-0.3, -0.25) is 0 Å². The Morgan fingerprint density at radius 1 is 0.964 bits per heavy atom. The number of alkyl halides is 3. The summed E-state index contributed by atoms with van der Waals surface area (Å²) in [6.45, 7) is 0. The highest BCUT2D eigenvalue weighted by Gasteiger charge is 2.41. The van der Waals surface area contributed by atoms with E-state index in [1.165, 1.54) is 43.3 Å². The summed E-state index contributed by atoms with van der Waals surface area (Å²) in [5, 5.41) is 3.55. The van der Waals surface area contributed by atoms with Crippen molar-refractivity contribution in [2.45, 2.75) is 11.1 Å². The van der Waals surface area contributed by atoms with Crippen LogP contribution in [-0.2, 0) is 16.2 Å². The normalized spacial score (nSPS) is 12.0. The van der Waals surface area contributed by atoms with Gasteiger partial charge in [-0.1, -0.05) is 48.5 Å². The molecule has 0 saturated carbocycles. The third kappa shape index (κ3) is 3.81. The van der Waals surface area contributed by atoms with Gasteiger partial charge in [0.25, 0.3) is 10.0 Å². The first kappa shape index (κ1) is 19.7. The number of nitrogens with zero attached hydrogens (tertiary/aromatic N) is 3. The minimum absolute atomic E-state index is 0.0163. The van der Waals surface area contributed by atoms with E-state index >= 15 is 0 Å². The van der Waals surface area contributed by atoms with Gasteiger partial charge in [-0.05, 0) is 12.1 Å². The molecule has 1 heterocycles. The van der Waals surface area contributed by atoms with Crippen LogP contribution in [0.5, 0.6) is 0 Å². The lowest BCUT2D eigenvalue weighted by Gasteiger charge is -2.17. The number of halogens is 3. The zero-order chi connectivity index (χ0) is 20.5. The van der Waals surface area contributed by atoms with Crippen LogP contribution in [0.25, 0.3) is 11.3 Å². The Morgan fingerprint density at radius 2 is 1.50 bits per heavy atom. The minimum Gasteiger partial charge on any atom is -0.374 e. The number of aromatic nitrogens is 2. The van der Waals surface area contributed by atoms with Gasteiger partial charge in [0.05, 0.1) is 10.6 Å². The zero-order valence-corrected chi connectivity index (χ0v) is 15.8. The molecule has 0 spiro atoms. The molecule has 148 valence electrons. The average molecular weight is 410 g/mol. The summed E-state index contributed by atoms with van der Waals surface area (Å²) in [7, 11) is -1.28. The lowest BCUT2D eigenvalue weighted by molar-refractivity contribution is -0.140. The summed E-state index contributed by atoms with van der Waals surface area (Å²) in [6, 6.07) is 15.5. The van der Waals surface area contributed by atoms with Gasteiger partial charge in [0.15, 0.2) is 5.69 Å². The predicted molar refractivity (Wildman–Crippen MR) is 100.0 cm³/mol. The second kappa shape index (κ2) is 7.19. The van der Waals surface area contributed by atoms with Crippen molar-refractivity contribution in [2.75, 3.05) is 23.8 Å². The van der Waals surface area contributed by atoms with Gasteiger partial charge in [-0.15, -0.1) is 5.10 Å². The fraction of sp³-hybridized carbons (Fsp3) is 0.167. The first-order valence-corrected chi connectivity index (χ1v) is 9.60. The Labute approximate surface area is 160 Å². The quantitative estimate of drug-likeness (QED) is 0.698. The van der Waals surface area contributed by atoms with Gasteiger partial charge in [-0.2, -0.15) is 31.2 Å². The molecule has 0 aliphatic rings. The van der Waals surface area contributed by atoms with Crippen LogP contribution in [0.3, 0.4) is 0 Å². The molecule has 2 aromatic carbocycles. The van der Waals surface area contributed by atoms with E-state index in [0.29, 0.717) is 10.4 Å². The van der Waals surface area contributed by atoms with Crippen LogP contribution < -0.4 is 9.73 Å². The fourth-order valence-corrected chi connectivity index (χ4v) is 3.69. The van der Waals surface area contributed by atoms with Gasteiger partial charge in [-0.25, -0.2) is 0 Å². The molecule has 10 heteroatoms. The summed E-state index contributed by atoms with van der Waals surface area (Å²) in [6.07, 6.45) is -4.77. The first-order valence-electron chi connectivity index (χ1n) is 8.12. The van der Waals surface area contributed by atoms with Crippen LogP contribution in [0, 0.1) is 0 Å². The highest BCUT2D eigenvalue weighted by molar-refractivity contribution is 7.92. The molecule has 0 radical (unpaired) electrons. The largest absolute Gasteiger partial charge is 0.437 e. The summed E-state index contributed by atoms with van der Waals surface area (Å²) in [4.78, 5) is 3.97. The molecule has 0 bridgehead atoms. The molecule has 0 unspecified atom stereocenters. The minimum atomic E-state index is -4.77. The number of benzene rings is 2. The Kier molecular flexibility index (Phi) is 5.07. The predicted octanol–water partition coefficient (Wildman–Crippen LogP) is 3.57. The van der Waals surface area contributed by atoms with E-state index in [2.05, 4.69) is 9.93 Å². The van der Waals surface area contributed by atoms with Gasteiger partial charge < -0.3 is 4.90 Å². The molecule has 0 amide bonds. The molecule has 3 rings (SSSR count). The lowest BCUT2D eigenvalue weighted by Crippen LogP contribution is -2.25. The van der Waals surface area contributed by atoms with Crippen molar-refractivity contribution in [1.29, 1.82) is 0 Å². The third-order valence-electron chi connectivity index (χ3n) is 3.88. The van der Waals surface area contributed by atoms with E-state index in [1.54, 1.807) is 36.4 Å². The number of sulfonamides is 1. The Balaban J connectivity index is 2.23. The average Bonchev–Trinajstić information content (AvgIpc) is 3.02. The molecule has 6 nitrogen and oxygen atoms in total. The first-order chi connectivity index (χ1) is 13.1. The monoisotopic (exact) mass is 410 g/mol. The Hall–Kier alpha value is -3.01. The van der Waals surface area contributed by atoms with E-state index in [0.717, 1.165) is 0 Å². The summed E-state index contributed by atoms with van der Waals surface area (Å²) in [5.74, 6) is 0. The van der Waals surface area contributed by atoms with E-state index in [1.807, 2.05) is 0 Å². The summed E-state index contributed by atoms with van der Waals surface area (Å²) < 4.78 is 66.1. The van der Waals surface area contributed by atoms with Gasteiger partial charge in [0.2, 0.25) is 0 Å². The van der Waals surface area contributed by atoms with E-state index in [4.69, 9.17) is 0 Å². The van der Waals surface area contributed by atoms with E-state index in [9.17, 15) is 21.6 Å². The van der Waals surface area contributed by atoms with Crippen LogP contribution in [0.4, 0.5) is 18.9 Å². The maximum Gasteiger partial charge on any atom is 0.437 e. The van der Waals surface area contributed by atoms with Gasteiger partial charge >= 0.3 is 6.18 Å². The molecular weight excluding hydrogens is 393 g/mol. The Morgan fingerprint density at radius 3 is 2.00 bits per heavy atom. The topological polar surface area (TPSA) is 67.2 Å². The molecule has 0 fully saturated rings. The van der Waals surface area contributed by atoms with Crippen LogP contribution in [0.2, 0.25) is 0 Å². The highest BCUT2D eigenvalue weighted by Crippen LogP contribution is 2.41. The Bertz CT molecular complexity index is 1060. The zero-order valence-electron chi connectivity index (χ0n) is 15.0. The molecule has 0 atom stereocenters. The standard InChI is InChI=1S/C18H17F3N4O2S/c1-24(2)16-15(13-9-5-3-6-10-13)25(22-17(16)18(19,20)21)23-28(26,27)14-11-7-4-8-12-14/h3-12,23H,1-2H3. The number of anilines is 1. The van der Waals surface area contributed by atoms with E-state index < -0.39 is 21.9 Å². The third-order valence-corrected chi connectivity index (χ3v) is 5.19. The molecule has 1 N–H and O–H groups in total.